The van der Waals surface area contributed by atoms with Gasteiger partial charge in [0.05, 0.1) is 17.8 Å². The first kappa shape index (κ1) is 23.5. The normalized spacial score (nSPS) is 35.6. The Hall–Kier alpha value is -1.16. The van der Waals surface area contributed by atoms with Gasteiger partial charge in [0.1, 0.15) is 0 Å². The smallest absolute Gasteiger partial charge is 0.0809 e. The second-order valence-electron chi connectivity index (χ2n) is 10.9. The maximum atomic E-state index is 10.1. The topological polar surface area (TPSA) is 60.7 Å². The van der Waals surface area contributed by atoms with Crippen LogP contribution in [0.1, 0.15) is 91.9 Å². The van der Waals surface area contributed by atoms with Gasteiger partial charge in [-0.25, -0.2) is 0 Å². The molecular weight excluding hydrogens is 372 g/mol. The molecule has 4 atom stereocenters. The third-order valence-corrected chi connectivity index (χ3v) is 7.91. The van der Waals surface area contributed by atoms with Gasteiger partial charge in [-0.3, -0.25) is 0 Å². The van der Waals surface area contributed by atoms with E-state index in [-0.39, 0.29) is 5.41 Å². The molecule has 168 valence electrons. The summed E-state index contributed by atoms with van der Waals surface area (Å²) in [5.74, 6) is 0.607. The van der Waals surface area contributed by atoms with Crippen molar-refractivity contribution in [3.05, 3.63) is 46.6 Å². The lowest BCUT2D eigenvalue weighted by Crippen LogP contribution is -2.29. The summed E-state index contributed by atoms with van der Waals surface area (Å²) in [5.41, 5.74) is 6.12. The van der Waals surface area contributed by atoms with E-state index in [4.69, 9.17) is 0 Å². The molecule has 0 spiro atoms. The van der Waals surface area contributed by atoms with E-state index in [0.29, 0.717) is 24.3 Å². The van der Waals surface area contributed by atoms with E-state index in [9.17, 15) is 15.3 Å². The second kappa shape index (κ2) is 9.14. The third-order valence-electron chi connectivity index (χ3n) is 7.91. The van der Waals surface area contributed by atoms with Gasteiger partial charge in [0.15, 0.2) is 0 Å². The molecule has 0 bridgehead atoms. The van der Waals surface area contributed by atoms with Crippen LogP contribution in [0.4, 0.5) is 0 Å². The van der Waals surface area contributed by atoms with E-state index in [1.807, 2.05) is 13.8 Å². The van der Waals surface area contributed by atoms with E-state index >= 15 is 0 Å². The zero-order chi connectivity index (χ0) is 22.1. The number of hydrogen-bond donors (Lipinski definition) is 3. The Morgan fingerprint density at radius 1 is 1.17 bits per heavy atom. The van der Waals surface area contributed by atoms with Crippen LogP contribution in [0, 0.1) is 11.3 Å². The van der Waals surface area contributed by atoms with Crippen LogP contribution in [0.15, 0.2) is 46.6 Å². The molecule has 0 aromatic heterocycles. The van der Waals surface area contributed by atoms with Crippen molar-refractivity contribution in [2.75, 3.05) is 0 Å². The average Bonchev–Trinajstić information content (AvgIpc) is 3.00. The molecule has 3 nitrogen and oxygen atoms in total. The van der Waals surface area contributed by atoms with Gasteiger partial charge < -0.3 is 15.3 Å². The van der Waals surface area contributed by atoms with Crippen molar-refractivity contribution < 1.29 is 15.3 Å². The minimum absolute atomic E-state index is 0.265. The number of aliphatic hydroxyl groups excluding tert-OH is 2. The Morgan fingerprint density at radius 3 is 2.47 bits per heavy atom. The average molecular weight is 415 g/mol. The highest BCUT2D eigenvalue weighted by molar-refractivity contribution is 5.35. The van der Waals surface area contributed by atoms with Crippen LogP contribution in [0.2, 0.25) is 0 Å². The summed E-state index contributed by atoms with van der Waals surface area (Å²) in [7, 11) is 0. The summed E-state index contributed by atoms with van der Waals surface area (Å²) in [6.45, 7) is 12.4. The van der Waals surface area contributed by atoms with Gasteiger partial charge in [-0.2, -0.15) is 0 Å². The highest BCUT2D eigenvalue weighted by atomic mass is 16.3. The van der Waals surface area contributed by atoms with Crippen LogP contribution < -0.4 is 0 Å². The Morgan fingerprint density at radius 2 is 1.83 bits per heavy atom. The molecule has 3 saturated carbocycles. The number of allylic oxidation sites excluding steroid dienone is 5. The van der Waals surface area contributed by atoms with Crippen LogP contribution in [0.3, 0.4) is 0 Å². The fourth-order valence-corrected chi connectivity index (χ4v) is 6.12. The fourth-order valence-electron chi connectivity index (χ4n) is 6.12. The molecule has 3 aliphatic carbocycles. The zero-order valence-electron chi connectivity index (χ0n) is 19.5. The standard InChI is InChI=1S/C27H42O3/c1-18(8-6-14-26(3,4)30)22-12-13-23-21(9-7-15-27(22,23)5)11-10-20-16-24(28)19(2)25(29)17-20/h10-11,23-25,28-30H,2,6-9,12-17H2,1,3-5H3/b21-11+,22-18+/t23?,24-,25-,27-/m1/s1. The van der Waals surface area contributed by atoms with Crippen molar-refractivity contribution in [3.63, 3.8) is 0 Å². The number of fused-ring (bicyclic) bond motifs is 1. The lowest BCUT2D eigenvalue weighted by atomic mass is 9.64. The van der Waals surface area contributed by atoms with Crippen molar-refractivity contribution in [1.82, 2.24) is 0 Å². The highest BCUT2D eigenvalue weighted by Gasteiger charge is 2.46. The van der Waals surface area contributed by atoms with Crippen molar-refractivity contribution in [2.24, 2.45) is 11.3 Å². The number of aliphatic hydroxyl groups is 3. The Balaban J connectivity index is 1.74. The summed E-state index contributed by atoms with van der Waals surface area (Å²) >= 11 is 0. The fraction of sp³-hybridized carbons (Fsp3) is 0.704. The van der Waals surface area contributed by atoms with E-state index in [1.165, 1.54) is 25.7 Å². The monoisotopic (exact) mass is 414 g/mol. The van der Waals surface area contributed by atoms with Gasteiger partial charge >= 0.3 is 0 Å². The van der Waals surface area contributed by atoms with Gasteiger partial charge in [-0.15, -0.1) is 0 Å². The first-order valence-electron chi connectivity index (χ1n) is 11.9. The molecule has 0 amide bonds. The maximum Gasteiger partial charge on any atom is 0.0809 e. The molecule has 0 aromatic rings. The Bertz CT molecular complexity index is 733. The number of rotatable bonds is 5. The van der Waals surface area contributed by atoms with Gasteiger partial charge in [0.25, 0.3) is 0 Å². The lowest BCUT2D eigenvalue weighted by Gasteiger charge is -2.40. The molecule has 3 rings (SSSR count). The Kier molecular flexibility index (Phi) is 7.16. The van der Waals surface area contributed by atoms with Crippen molar-refractivity contribution in [1.29, 1.82) is 0 Å². The third kappa shape index (κ3) is 5.18. The highest BCUT2D eigenvalue weighted by Crippen LogP contribution is 2.58. The summed E-state index contributed by atoms with van der Waals surface area (Å²) in [4.78, 5) is 0. The van der Waals surface area contributed by atoms with Gasteiger partial charge in [0, 0.05) is 0 Å². The lowest BCUT2D eigenvalue weighted by molar-refractivity contribution is 0.0689. The zero-order valence-corrected chi connectivity index (χ0v) is 19.5. The molecule has 1 unspecified atom stereocenters. The first-order chi connectivity index (χ1) is 14.0. The minimum atomic E-state index is -0.623. The van der Waals surface area contributed by atoms with E-state index in [1.54, 1.807) is 16.7 Å². The van der Waals surface area contributed by atoms with Crippen LogP contribution >= 0.6 is 0 Å². The van der Waals surface area contributed by atoms with E-state index in [2.05, 4.69) is 32.6 Å². The summed E-state index contributed by atoms with van der Waals surface area (Å²) in [6.07, 6.45) is 13.5. The second-order valence-corrected chi connectivity index (χ2v) is 10.9. The summed E-state index contributed by atoms with van der Waals surface area (Å²) in [5, 5.41) is 30.3. The van der Waals surface area contributed by atoms with E-state index < -0.39 is 17.8 Å². The molecular formula is C27H42O3. The first-order valence-corrected chi connectivity index (χ1v) is 11.9. The summed E-state index contributed by atoms with van der Waals surface area (Å²) in [6, 6.07) is 0. The molecule has 3 heteroatoms. The molecule has 0 heterocycles. The van der Waals surface area contributed by atoms with Crippen molar-refractivity contribution >= 4 is 0 Å². The largest absolute Gasteiger partial charge is 0.390 e. The Labute approximate surface area is 183 Å². The predicted octanol–water partition coefficient (Wildman–Crippen LogP) is 5.77. The molecule has 0 aromatic carbocycles. The number of hydrogen-bond acceptors (Lipinski definition) is 3. The molecule has 3 aliphatic rings. The van der Waals surface area contributed by atoms with Crippen LogP contribution in [-0.2, 0) is 0 Å². The van der Waals surface area contributed by atoms with E-state index in [0.717, 1.165) is 31.3 Å². The molecule has 0 saturated heterocycles. The molecule has 3 fully saturated rings. The van der Waals surface area contributed by atoms with Crippen molar-refractivity contribution in [2.45, 2.75) is 110 Å². The predicted molar refractivity (Wildman–Crippen MR) is 124 cm³/mol. The van der Waals surface area contributed by atoms with Crippen LogP contribution in [-0.4, -0.2) is 33.1 Å². The SMILES string of the molecule is C=C1[C@H](O)CC(=C/C=C2\CCC[C@]3(C)/C(=C(\C)CCCC(C)(C)O)CCC23)C[C@H]1O. The van der Waals surface area contributed by atoms with Gasteiger partial charge in [0.2, 0.25) is 0 Å². The molecule has 30 heavy (non-hydrogen) atoms. The van der Waals surface area contributed by atoms with Gasteiger partial charge in [-0.1, -0.05) is 47.9 Å². The van der Waals surface area contributed by atoms with Crippen molar-refractivity contribution in [3.8, 4) is 0 Å². The maximum absolute atomic E-state index is 10.1. The minimum Gasteiger partial charge on any atom is -0.390 e. The van der Waals surface area contributed by atoms with Crippen LogP contribution in [0.5, 0.6) is 0 Å². The van der Waals surface area contributed by atoms with Crippen LogP contribution in [0.25, 0.3) is 0 Å². The molecule has 0 radical (unpaired) electrons. The quantitative estimate of drug-likeness (QED) is 0.501. The molecule has 3 N–H and O–H groups in total. The summed E-state index contributed by atoms with van der Waals surface area (Å²) < 4.78 is 0. The van der Waals surface area contributed by atoms with Gasteiger partial charge in [-0.05, 0) is 102 Å². The molecule has 0 aliphatic heterocycles.